The van der Waals surface area contributed by atoms with Crippen molar-refractivity contribution in [1.82, 2.24) is 5.43 Å². The molecule has 0 fully saturated rings. The minimum atomic E-state index is -0.466. The second kappa shape index (κ2) is 8.16. The Hall–Kier alpha value is -2.81. The molecular formula is C15H16N4O4S. The van der Waals surface area contributed by atoms with E-state index >= 15 is 0 Å². The van der Waals surface area contributed by atoms with Crippen LogP contribution in [0.2, 0.25) is 0 Å². The number of nitrogens with one attached hydrogen (secondary N) is 1. The number of non-ortho nitro benzene ring substituents is 1. The van der Waals surface area contributed by atoms with Crippen LogP contribution in [0.5, 0.6) is 0 Å². The van der Waals surface area contributed by atoms with E-state index in [4.69, 9.17) is 4.42 Å². The molecule has 0 aliphatic rings. The maximum atomic E-state index is 11.7. The molecule has 8 nitrogen and oxygen atoms in total. The number of amides is 1. The van der Waals surface area contributed by atoms with Crippen molar-refractivity contribution >= 4 is 35.5 Å². The van der Waals surface area contributed by atoms with Crippen LogP contribution in [0.3, 0.4) is 0 Å². The minimum absolute atomic E-state index is 0.0175. The summed E-state index contributed by atoms with van der Waals surface area (Å²) < 4.78 is 5.45. The fraction of sp³-hybridized carbons (Fsp3) is 0.200. The quantitative estimate of drug-likeness (QED) is 0.357. The number of thioether (sulfide) groups is 1. The molecule has 0 bridgehead atoms. The van der Waals surface area contributed by atoms with E-state index in [1.165, 1.54) is 30.1 Å². The molecule has 0 unspecified atom stereocenters. The first kappa shape index (κ1) is 17.5. The van der Waals surface area contributed by atoms with Crippen molar-refractivity contribution in [1.29, 1.82) is 0 Å². The van der Waals surface area contributed by atoms with Gasteiger partial charge in [-0.15, -0.1) is 11.8 Å². The molecule has 9 heteroatoms. The van der Waals surface area contributed by atoms with Crippen molar-refractivity contribution in [3.05, 3.63) is 52.3 Å². The summed E-state index contributed by atoms with van der Waals surface area (Å²) in [6.45, 7) is 0. The van der Waals surface area contributed by atoms with Crippen molar-refractivity contribution in [3.63, 3.8) is 0 Å². The highest BCUT2D eigenvalue weighted by Gasteiger charge is 2.06. The number of hydrogen-bond acceptors (Lipinski definition) is 7. The zero-order valence-electron chi connectivity index (χ0n) is 13.1. The zero-order chi connectivity index (χ0) is 17.5. The maximum Gasteiger partial charge on any atom is 0.269 e. The predicted molar refractivity (Wildman–Crippen MR) is 92.6 cm³/mol. The monoisotopic (exact) mass is 348 g/mol. The molecule has 0 atom stereocenters. The minimum Gasteiger partial charge on any atom is -0.440 e. The molecule has 0 radical (unpaired) electrons. The van der Waals surface area contributed by atoms with Gasteiger partial charge in [-0.05, 0) is 18.2 Å². The van der Waals surface area contributed by atoms with Crippen LogP contribution in [0.25, 0.3) is 0 Å². The van der Waals surface area contributed by atoms with Crippen LogP contribution in [-0.2, 0) is 4.79 Å². The number of carbonyl (C=O) groups is 1. The van der Waals surface area contributed by atoms with Crippen molar-refractivity contribution in [2.45, 2.75) is 4.90 Å². The molecule has 0 aliphatic carbocycles. The van der Waals surface area contributed by atoms with Crippen molar-refractivity contribution in [2.75, 3.05) is 24.7 Å². The van der Waals surface area contributed by atoms with Gasteiger partial charge < -0.3 is 9.32 Å². The Morgan fingerprint density at radius 2 is 2.04 bits per heavy atom. The van der Waals surface area contributed by atoms with Crippen molar-refractivity contribution in [2.24, 2.45) is 5.10 Å². The molecule has 0 saturated carbocycles. The van der Waals surface area contributed by atoms with E-state index in [0.717, 1.165) is 4.90 Å². The number of hydrazone groups is 1. The number of nitro groups is 1. The van der Waals surface area contributed by atoms with Crippen LogP contribution < -0.4 is 10.3 Å². The highest BCUT2D eigenvalue weighted by molar-refractivity contribution is 8.00. The van der Waals surface area contributed by atoms with Crippen molar-refractivity contribution < 1.29 is 14.1 Å². The van der Waals surface area contributed by atoms with Crippen LogP contribution in [-0.4, -0.2) is 36.9 Å². The second-order valence-corrected chi connectivity index (χ2v) is 5.95. The number of nitrogens with zero attached hydrogens (tertiary/aromatic N) is 3. The van der Waals surface area contributed by atoms with E-state index < -0.39 is 4.92 Å². The summed E-state index contributed by atoms with van der Waals surface area (Å²) in [4.78, 5) is 24.4. The average Bonchev–Trinajstić information content (AvgIpc) is 3.02. The van der Waals surface area contributed by atoms with Gasteiger partial charge in [0.2, 0.25) is 5.91 Å². The zero-order valence-corrected chi connectivity index (χ0v) is 13.9. The van der Waals surface area contributed by atoms with Crippen LogP contribution >= 0.6 is 11.8 Å². The SMILES string of the molecule is CN(C)c1ccc(/C=N\NC(=O)CSc2ccc([N+](=O)[O-])cc2)o1. The molecule has 0 saturated heterocycles. The highest BCUT2D eigenvalue weighted by atomic mass is 32.2. The number of nitro benzene ring substituents is 1. The smallest absolute Gasteiger partial charge is 0.269 e. The lowest BCUT2D eigenvalue weighted by atomic mass is 10.3. The first-order valence-corrected chi connectivity index (χ1v) is 7.90. The lowest BCUT2D eigenvalue weighted by Crippen LogP contribution is -2.19. The molecule has 2 rings (SSSR count). The summed E-state index contributed by atoms with van der Waals surface area (Å²) in [5.41, 5.74) is 2.41. The Bertz CT molecular complexity index is 740. The maximum absolute atomic E-state index is 11.7. The normalized spacial score (nSPS) is 10.8. The van der Waals surface area contributed by atoms with Gasteiger partial charge in [-0.3, -0.25) is 14.9 Å². The number of hydrogen-bond donors (Lipinski definition) is 1. The molecule has 2 aromatic rings. The summed E-state index contributed by atoms with van der Waals surface area (Å²) in [5, 5.41) is 14.4. The molecule has 126 valence electrons. The van der Waals surface area contributed by atoms with Gasteiger partial charge in [0.15, 0.2) is 5.88 Å². The van der Waals surface area contributed by atoms with E-state index in [0.29, 0.717) is 11.6 Å². The van der Waals surface area contributed by atoms with Crippen LogP contribution in [0.1, 0.15) is 5.76 Å². The van der Waals surface area contributed by atoms with Gasteiger partial charge >= 0.3 is 0 Å². The molecule has 24 heavy (non-hydrogen) atoms. The molecule has 1 N–H and O–H groups in total. The Morgan fingerprint density at radius 1 is 1.33 bits per heavy atom. The molecule has 1 aromatic carbocycles. The summed E-state index contributed by atoms with van der Waals surface area (Å²) in [6.07, 6.45) is 1.42. The van der Waals surface area contributed by atoms with E-state index in [1.807, 2.05) is 19.0 Å². The van der Waals surface area contributed by atoms with Gasteiger partial charge in [-0.2, -0.15) is 5.10 Å². The summed E-state index contributed by atoms with van der Waals surface area (Å²) in [6, 6.07) is 9.55. The molecule has 1 heterocycles. The second-order valence-electron chi connectivity index (χ2n) is 4.90. The highest BCUT2D eigenvalue weighted by Crippen LogP contribution is 2.21. The topological polar surface area (TPSA) is 101 Å². The van der Waals surface area contributed by atoms with Gasteiger partial charge in [0.1, 0.15) is 5.76 Å². The van der Waals surface area contributed by atoms with Gasteiger partial charge in [-0.1, -0.05) is 0 Å². The summed E-state index contributed by atoms with van der Waals surface area (Å²) in [5.74, 6) is 1.09. The molecule has 0 aliphatic heterocycles. The Kier molecular flexibility index (Phi) is 5.96. The van der Waals surface area contributed by atoms with Gasteiger partial charge in [0, 0.05) is 37.2 Å². The standard InChI is InChI=1S/C15H16N4O4S/c1-18(2)15-8-5-12(23-15)9-16-17-14(20)10-24-13-6-3-11(4-7-13)19(21)22/h3-9H,10H2,1-2H3,(H,17,20)/b16-9-. The molecular weight excluding hydrogens is 332 g/mol. The van der Waals surface area contributed by atoms with E-state index in [1.54, 1.807) is 24.3 Å². The van der Waals surface area contributed by atoms with E-state index in [2.05, 4.69) is 10.5 Å². The molecule has 1 aromatic heterocycles. The summed E-state index contributed by atoms with van der Waals surface area (Å²) in [7, 11) is 3.72. The third-order valence-electron chi connectivity index (χ3n) is 2.85. The Morgan fingerprint density at radius 3 is 2.62 bits per heavy atom. The number of carbonyl (C=O) groups excluding carboxylic acids is 1. The Balaban J connectivity index is 1.78. The molecule has 1 amide bonds. The van der Waals surface area contributed by atoms with Crippen LogP contribution in [0.15, 0.2) is 50.8 Å². The summed E-state index contributed by atoms with van der Waals surface area (Å²) >= 11 is 1.26. The van der Waals surface area contributed by atoms with Crippen LogP contribution in [0, 0.1) is 10.1 Å². The fourth-order valence-electron chi connectivity index (χ4n) is 1.67. The lowest BCUT2D eigenvalue weighted by Gasteiger charge is -2.05. The first-order valence-electron chi connectivity index (χ1n) is 6.92. The fourth-order valence-corrected chi connectivity index (χ4v) is 2.36. The average molecular weight is 348 g/mol. The van der Waals surface area contributed by atoms with E-state index in [9.17, 15) is 14.9 Å². The third kappa shape index (κ3) is 5.13. The van der Waals surface area contributed by atoms with Gasteiger partial charge in [-0.25, -0.2) is 5.43 Å². The predicted octanol–water partition coefficient (Wildman–Crippen LogP) is 2.50. The van der Waals surface area contributed by atoms with Crippen LogP contribution in [0.4, 0.5) is 11.6 Å². The number of benzene rings is 1. The number of anilines is 1. The first-order chi connectivity index (χ1) is 11.5. The van der Waals surface area contributed by atoms with Gasteiger partial charge in [0.05, 0.1) is 16.9 Å². The third-order valence-corrected chi connectivity index (χ3v) is 3.86. The number of furan rings is 1. The van der Waals surface area contributed by atoms with E-state index in [-0.39, 0.29) is 17.3 Å². The van der Waals surface area contributed by atoms with Crippen molar-refractivity contribution in [3.8, 4) is 0 Å². The lowest BCUT2D eigenvalue weighted by molar-refractivity contribution is -0.384. The Labute approximate surface area is 142 Å². The number of rotatable bonds is 7. The van der Waals surface area contributed by atoms with Gasteiger partial charge in [0.25, 0.3) is 5.69 Å². The molecule has 0 spiro atoms. The largest absolute Gasteiger partial charge is 0.440 e.